The van der Waals surface area contributed by atoms with E-state index in [1.165, 1.54) is 51.5 Å². The number of nitrogens with one attached hydrogen (secondary N) is 1. The molecule has 128 valence electrons. The smallest absolute Gasteiger partial charge is 0.119 e. The first-order chi connectivity index (χ1) is 11.2. The van der Waals surface area contributed by atoms with Gasteiger partial charge >= 0.3 is 0 Å². The monoisotopic (exact) mass is 315 g/mol. The van der Waals surface area contributed by atoms with Crippen LogP contribution in [0.3, 0.4) is 0 Å². The number of methoxy groups -OCH3 is 1. The number of hydrogen-bond acceptors (Lipinski definition) is 2. The molecule has 0 heterocycles. The number of hydrogen-bond donors (Lipinski definition) is 1. The van der Waals surface area contributed by atoms with Crippen molar-refractivity contribution in [3.63, 3.8) is 0 Å². The van der Waals surface area contributed by atoms with Gasteiger partial charge in [0.1, 0.15) is 5.75 Å². The molecule has 0 aromatic heterocycles. The molecule has 0 radical (unpaired) electrons. The van der Waals surface area contributed by atoms with E-state index in [9.17, 15) is 0 Å². The maximum absolute atomic E-state index is 5.51. The summed E-state index contributed by atoms with van der Waals surface area (Å²) in [6.45, 7) is 7.11. The van der Waals surface area contributed by atoms with E-state index in [0.29, 0.717) is 5.41 Å². The van der Waals surface area contributed by atoms with E-state index >= 15 is 0 Å². The van der Waals surface area contributed by atoms with Gasteiger partial charge in [-0.3, -0.25) is 0 Å². The van der Waals surface area contributed by atoms with E-state index in [1.807, 2.05) is 0 Å². The normalized spacial score (nSPS) is 29.7. The van der Waals surface area contributed by atoms with E-state index in [4.69, 9.17) is 4.74 Å². The zero-order chi connectivity index (χ0) is 16.3. The van der Waals surface area contributed by atoms with Gasteiger partial charge in [-0.2, -0.15) is 0 Å². The largest absolute Gasteiger partial charge is 0.497 e. The Balaban J connectivity index is 1.85. The highest BCUT2D eigenvalue weighted by Crippen LogP contribution is 2.53. The molecule has 3 rings (SSSR count). The number of benzene rings is 1. The third kappa shape index (κ3) is 3.28. The lowest BCUT2D eigenvalue weighted by Gasteiger charge is -2.50. The minimum atomic E-state index is 0.357. The molecule has 0 saturated heterocycles. The van der Waals surface area contributed by atoms with Crippen LogP contribution >= 0.6 is 0 Å². The van der Waals surface area contributed by atoms with E-state index < -0.39 is 0 Å². The van der Waals surface area contributed by atoms with E-state index in [1.54, 1.807) is 18.2 Å². The van der Waals surface area contributed by atoms with E-state index in [2.05, 4.69) is 37.4 Å². The summed E-state index contributed by atoms with van der Waals surface area (Å²) in [4.78, 5) is 0. The minimum Gasteiger partial charge on any atom is -0.497 e. The van der Waals surface area contributed by atoms with Crippen LogP contribution in [0.5, 0.6) is 5.75 Å². The molecule has 1 N–H and O–H groups in total. The molecule has 2 nitrogen and oxygen atoms in total. The molecule has 1 aromatic rings. The average molecular weight is 316 g/mol. The molecular weight excluding hydrogens is 282 g/mol. The molecule has 0 amide bonds. The molecule has 0 aliphatic heterocycles. The van der Waals surface area contributed by atoms with Crippen molar-refractivity contribution < 1.29 is 4.74 Å². The topological polar surface area (TPSA) is 21.3 Å². The van der Waals surface area contributed by atoms with Crippen molar-refractivity contribution in [2.75, 3.05) is 20.2 Å². The van der Waals surface area contributed by atoms with Crippen molar-refractivity contribution in [1.82, 2.24) is 5.32 Å². The maximum Gasteiger partial charge on any atom is 0.119 e. The fraction of sp³-hybridized carbons (Fsp3) is 0.714. The predicted molar refractivity (Wildman–Crippen MR) is 97.3 cm³/mol. The molecule has 1 fully saturated rings. The summed E-state index contributed by atoms with van der Waals surface area (Å²) in [5.74, 6) is 2.71. The Morgan fingerprint density at radius 2 is 2.13 bits per heavy atom. The molecule has 1 saturated carbocycles. The fourth-order valence-corrected chi connectivity index (χ4v) is 5.16. The molecule has 2 aliphatic carbocycles. The van der Waals surface area contributed by atoms with Crippen LogP contribution in [0.2, 0.25) is 0 Å². The number of rotatable bonds is 6. The highest BCUT2D eigenvalue weighted by atomic mass is 16.5. The second-order valence-corrected chi connectivity index (χ2v) is 7.80. The van der Waals surface area contributed by atoms with Crippen molar-refractivity contribution in [1.29, 1.82) is 0 Å². The maximum atomic E-state index is 5.51. The Kier molecular flexibility index (Phi) is 5.31. The van der Waals surface area contributed by atoms with Crippen LogP contribution < -0.4 is 10.1 Å². The molecule has 0 unspecified atom stereocenters. The second kappa shape index (κ2) is 7.25. The third-order valence-corrected chi connectivity index (χ3v) is 6.38. The molecule has 0 spiro atoms. The first-order valence-corrected chi connectivity index (χ1v) is 9.57. The summed E-state index contributed by atoms with van der Waals surface area (Å²) >= 11 is 0. The van der Waals surface area contributed by atoms with Crippen LogP contribution in [0.25, 0.3) is 0 Å². The SMILES string of the molecule is CCCNCC[C@H]1Cc2ccc(OC)cc2[C@@]2(C)CCCC[C@@H]12. The van der Waals surface area contributed by atoms with Gasteiger partial charge in [0.2, 0.25) is 0 Å². The van der Waals surface area contributed by atoms with Crippen molar-refractivity contribution >= 4 is 0 Å². The minimum absolute atomic E-state index is 0.357. The third-order valence-electron chi connectivity index (χ3n) is 6.38. The molecule has 0 bridgehead atoms. The van der Waals surface area contributed by atoms with Crippen LogP contribution in [0.1, 0.15) is 63.5 Å². The van der Waals surface area contributed by atoms with Gasteiger partial charge < -0.3 is 10.1 Å². The van der Waals surface area contributed by atoms with Crippen molar-refractivity contribution in [2.24, 2.45) is 11.8 Å². The molecule has 2 aliphatic rings. The van der Waals surface area contributed by atoms with Gasteiger partial charge in [0.25, 0.3) is 0 Å². The number of fused-ring (bicyclic) bond motifs is 3. The van der Waals surface area contributed by atoms with Gasteiger partial charge in [0.05, 0.1) is 7.11 Å². The average Bonchev–Trinajstić information content (AvgIpc) is 2.58. The van der Waals surface area contributed by atoms with E-state index in [-0.39, 0.29) is 0 Å². The van der Waals surface area contributed by atoms with Gasteiger partial charge in [0.15, 0.2) is 0 Å². The quantitative estimate of drug-likeness (QED) is 0.768. The van der Waals surface area contributed by atoms with Crippen LogP contribution in [0, 0.1) is 11.8 Å². The first-order valence-electron chi connectivity index (χ1n) is 9.57. The second-order valence-electron chi connectivity index (χ2n) is 7.80. The summed E-state index contributed by atoms with van der Waals surface area (Å²) < 4.78 is 5.51. The van der Waals surface area contributed by atoms with Crippen LogP contribution in [-0.2, 0) is 11.8 Å². The lowest BCUT2D eigenvalue weighted by atomic mass is 9.54. The van der Waals surface area contributed by atoms with Crippen LogP contribution in [-0.4, -0.2) is 20.2 Å². The standard InChI is InChI=1S/C21H33NO/c1-4-12-22-13-10-17-14-16-8-9-18(23-3)15-20(16)21(2)11-6-5-7-19(17)21/h8-9,15,17,19,22H,4-7,10-14H2,1-3H3/t17-,19-,21-/m0/s1. The van der Waals surface area contributed by atoms with Crippen molar-refractivity contribution in [3.05, 3.63) is 29.3 Å². The van der Waals surface area contributed by atoms with Gasteiger partial charge in [0, 0.05) is 0 Å². The van der Waals surface area contributed by atoms with Crippen LogP contribution in [0.15, 0.2) is 18.2 Å². The zero-order valence-corrected chi connectivity index (χ0v) is 15.2. The highest BCUT2D eigenvalue weighted by molar-refractivity contribution is 5.43. The fourth-order valence-electron chi connectivity index (χ4n) is 5.16. The Bertz CT molecular complexity index is 527. The van der Waals surface area contributed by atoms with E-state index in [0.717, 1.165) is 24.1 Å². The summed E-state index contributed by atoms with van der Waals surface area (Å²) in [6, 6.07) is 6.81. The highest BCUT2D eigenvalue weighted by Gasteiger charge is 2.46. The lowest BCUT2D eigenvalue weighted by Crippen LogP contribution is -2.45. The Labute approximate surface area is 142 Å². The molecule has 23 heavy (non-hydrogen) atoms. The van der Waals surface area contributed by atoms with Crippen molar-refractivity contribution in [3.8, 4) is 5.75 Å². The van der Waals surface area contributed by atoms with Crippen molar-refractivity contribution in [2.45, 2.75) is 64.2 Å². The summed E-state index contributed by atoms with van der Waals surface area (Å²) in [6.07, 6.45) is 9.36. The summed E-state index contributed by atoms with van der Waals surface area (Å²) in [7, 11) is 1.79. The predicted octanol–water partition coefficient (Wildman–Crippen LogP) is 4.71. The summed E-state index contributed by atoms with van der Waals surface area (Å²) in [5.41, 5.74) is 3.52. The Hall–Kier alpha value is -1.02. The summed E-state index contributed by atoms with van der Waals surface area (Å²) in [5, 5.41) is 3.61. The number of ether oxygens (including phenoxy) is 1. The molecule has 1 aromatic carbocycles. The zero-order valence-electron chi connectivity index (χ0n) is 15.2. The first kappa shape index (κ1) is 16.8. The Morgan fingerprint density at radius 3 is 2.91 bits per heavy atom. The van der Waals surface area contributed by atoms with Gasteiger partial charge in [-0.25, -0.2) is 0 Å². The molecule has 2 heteroatoms. The van der Waals surface area contributed by atoms with Gasteiger partial charge in [-0.1, -0.05) is 32.8 Å². The van der Waals surface area contributed by atoms with Gasteiger partial charge in [-0.15, -0.1) is 0 Å². The van der Waals surface area contributed by atoms with Crippen LogP contribution in [0.4, 0.5) is 0 Å². The molecular formula is C21H33NO. The molecule has 3 atom stereocenters. The van der Waals surface area contributed by atoms with Gasteiger partial charge in [-0.05, 0) is 85.7 Å². The lowest BCUT2D eigenvalue weighted by molar-refractivity contribution is 0.111. The Morgan fingerprint density at radius 1 is 1.26 bits per heavy atom.